The van der Waals surface area contributed by atoms with E-state index < -0.39 is 0 Å². The fraction of sp³-hybridized carbons (Fsp3) is 0.231. The molecule has 1 heterocycles. The number of anilines is 3. The first-order valence-corrected chi connectivity index (χ1v) is 5.78. The smallest absolute Gasteiger partial charge is 0.151 e. The third-order valence-electron chi connectivity index (χ3n) is 2.38. The first-order valence-electron chi connectivity index (χ1n) is 5.78. The van der Waals surface area contributed by atoms with Crippen LogP contribution in [0.15, 0.2) is 30.6 Å². The number of nitrogens with one attached hydrogen (secondary N) is 2. The number of benzene rings is 1. The van der Waals surface area contributed by atoms with Crippen molar-refractivity contribution < 1.29 is 4.39 Å². The van der Waals surface area contributed by atoms with Crippen LogP contribution in [0.25, 0.3) is 0 Å². The summed E-state index contributed by atoms with van der Waals surface area (Å²) in [5.74, 6) is 0.872. The van der Waals surface area contributed by atoms with E-state index in [1.807, 2.05) is 19.9 Å². The average Bonchev–Trinajstić information content (AvgIpc) is 2.34. The Labute approximate surface area is 105 Å². The van der Waals surface area contributed by atoms with Crippen LogP contribution in [0, 0.1) is 12.7 Å². The molecule has 94 valence electrons. The molecule has 2 N–H and O–H groups in total. The van der Waals surface area contributed by atoms with Crippen molar-refractivity contribution in [2.45, 2.75) is 13.8 Å². The Kier molecular flexibility index (Phi) is 3.72. The van der Waals surface area contributed by atoms with Gasteiger partial charge in [-0.25, -0.2) is 9.37 Å². The van der Waals surface area contributed by atoms with Crippen molar-refractivity contribution in [2.75, 3.05) is 17.2 Å². The van der Waals surface area contributed by atoms with E-state index in [9.17, 15) is 4.39 Å². The highest BCUT2D eigenvalue weighted by molar-refractivity contribution is 5.57. The summed E-state index contributed by atoms with van der Waals surface area (Å²) in [6.07, 6.45) is 3.18. The molecular weight excluding hydrogens is 231 g/mol. The van der Waals surface area contributed by atoms with Crippen LogP contribution in [-0.4, -0.2) is 16.5 Å². The highest BCUT2D eigenvalue weighted by Gasteiger charge is 2.04. The number of aromatic nitrogens is 2. The topological polar surface area (TPSA) is 49.8 Å². The van der Waals surface area contributed by atoms with Gasteiger partial charge in [0.2, 0.25) is 0 Å². The number of hydrogen-bond acceptors (Lipinski definition) is 4. The lowest BCUT2D eigenvalue weighted by atomic mass is 10.2. The Hall–Kier alpha value is -2.17. The van der Waals surface area contributed by atoms with Crippen LogP contribution in [0.5, 0.6) is 0 Å². The molecule has 0 amide bonds. The molecule has 2 aromatic rings. The maximum atomic E-state index is 13.7. The molecule has 0 saturated carbocycles. The van der Waals surface area contributed by atoms with Crippen molar-refractivity contribution in [1.82, 2.24) is 9.97 Å². The van der Waals surface area contributed by atoms with E-state index in [1.54, 1.807) is 18.5 Å². The molecule has 0 fully saturated rings. The highest BCUT2D eigenvalue weighted by Crippen LogP contribution is 2.19. The molecule has 18 heavy (non-hydrogen) atoms. The van der Waals surface area contributed by atoms with Crippen molar-refractivity contribution in [3.05, 3.63) is 42.0 Å². The third kappa shape index (κ3) is 2.94. The average molecular weight is 246 g/mol. The van der Waals surface area contributed by atoms with Crippen molar-refractivity contribution in [1.29, 1.82) is 0 Å². The summed E-state index contributed by atoms with van der Waals surface area (Å²) in [4.78, 5) is 8.31. The van der Waals surface area contributed by atoms with Gasteiger partial charge in [-0.3, -0.25) is 4.98 Å². The van der Waals surface area contributed by atoms with Crippen molar-refractivity contribution in [3.8, 4) is 0 Å². The van der Waals surface area contributed by atoms with E-state index in [0.29, 0.717) is 17.3 Å². The zero-order valence-corrected chi connectivity index (χ0v) is 10.4. The van der Waals surface area contributed by atoms with Gasteiger partial charge in [-0.15, -0.1) is 0 Å². The normalized spacial score (nSPS) is 10.2. The summed E-state index contributed by atoms with van der Waals surface area (Å²) in [5.41, 5.74) is 1.27. The Balaban J connectivity index is 2.20. The van der Waals surface area contributed by atoms with Crippen LogP contribution in [-0.2, 0) is 0 Å². The summed E-state index contributed by atoms with van der Waals surface area (Å²) >= 11 is 0. The lowest BCUT2D eigenvalue weighted by Gasteiger charge is -2.08. The van der Waals surface area contributed by atoms with Gasteiger partial charge in [0, 0.05) is 6.54 Å². The quantitative estimate of drug-likeness (QED) is 0.870. The Morgan fingerprint density at radius 2 is 2.00 bits per heavy atom. The van der Waals surface area contributed by atoms with Gasteiger partial charge < -0.3 is 10.6 Å². The van der Waals surface area contributed by atoms with E-state index in [1.165, 1.54) is 6.07 Å². The molecule has 5 heteroatoms. The van der Waals surface area contributed by atoms with Gasteiger partial charge >= 0.3 is 0 Å². The largest absolute Gasteiger partial charge is 0.369 e. The number of nitrogens with zero attached hydrogens (tertiary/aromatic N) is 2. The molecule has 1 aromatic carbocycles. The number of aryl methyl sites for hydroxylation is 1. The van der Waals surface area contributed by atoms with E-state index in [4.69, 9.17) is 0 Å². The third-order valence-corrected chi connectivity index (χ3v) is 2.38. The number of halogens is 1. The second-order valence-electron chi connectivity index (χ2n) is 3.93. The molecule has 0 spiro atoms. The molecule has 0 saturated heterocycles. The van der Waals surface area contributed by atoms with E-state index in [-0.39, 0.29) is 5.82 Å². The van der Waals surface area contributed by atoms with Crippen LogP contribution in [0.2, 0.25) is 0 Å². The summed E-state index contributed by atoms with van der Waals surface area (Å²) < 4.78 is 13.7. The SMILES string of the molecule is CCNc1cncc(Nc2ccc(C)cc2F)n1. The minimum atomic E-state index is -0.300. The monoisotopic (exact) mass is 246 g/mol. The summed E-state index contributed by atoms with van der Waals surface area (Å²) in [7, 11) is 0. The van der Waals surface area contributed by atoms with Gasteiger partial charge in [-0.05, 0) is 31.5 Å². The van der Waals surface area contributed by atoms with Crippen LogP contribution < -0.4 is 10.6 Å². The highest BCUT2D eigenvalue weighted by atomic mass is 19.1. The van der Waals surface area contributed by atoms with E-state index >= 15 is 0 Å². The molecule has 2 rings (SSSR count). The van der Waals surface area contributed by atoms with Gasteiger partial charge in [0.1, 0.15) is 11.6 Å². The van der Waals surface area contributed by atoms with Crippen molar-refractivity contribution in [3.63, 3.8) is 0 Å². The zero-order chi connectivity index (χ0) is 13.0. The first kappa shape index (κ1) is 12.3. The molecule has 0 aliphatic rings. The fourth-order valence-electron chi connectivity index (χ4n) is 1.55. The molecule has 1 aromatic heterocycles. The minimum absolute atomic E-state index is 0.300. The van der Waals surface area contributed by atoms with E-state index in [2.05, 4.69) is 20.6 Å². The predicted molar refractivity (Wildman–Crippen MR) is 70.6 cm³/mol. The van der Waals surface area contributed by atoms with Crippen LogP contribution in [0.3, 0.4) is 0 Å². The fourth-order valence-corrected chi connectivity index (χ4v) is 1.55. The molecule has 4 nitrogen and oxygen atoms in total. The molecule has 0 unspecified atom stereocenters. The number of hydrogen-bond donors (Lipinski definition) is 2. The standard InChI is InChI=1S/C13H15FN4/c1-3-16-12-7-15-8-13(18-12)17-11-5-4-9(2)6-10(11)14/h4-8H,3H2,1-2H3,(H2,16,17,18). The van der Waals surface area contributed by atoms with Crippen molar-refractivity contribution in [2.24, 2.45) is 0 Å². The molecule has 0 radical (unpaired) electrons. The first-order chi connectivity index (χ1) is 8.69. The molecule has 0 aliphatic carbocycles. The maximum absolute atomic E-state index is 13.7. The van der Waals surface area contributed by atoms with Gasteiger partial charge in [-0.2, -0.15) is 0 Å². The van der Waals surface area contributed by atoms with Crippen LogP contribution in [0.1, 0.15) is 12.5 Å². The number of rotatable bonds is 4. The molecule has 0 aliphatic heterocycles. The minimum Gasteiger partial charge on any atom is -0.369 e. The van der Waals surface area contributed by atoms with Gasteiger partial charge in [-0.1, -0.05) is 6.07 Å². The van der Waals surface area contributed by atoms with Gasteiger partial charge in [0.25, 0.3) is 0 Å². The summed E-state index contributed by atoms with van der Waals surface area (Å²) in [6, 6.07) is 5.00. The molecule has 0 atom stereocenters. The predicted octanol–water partition coefficient (Wildman–Crippen LogP) is 3.10. The van der Waals surface area contributed by atoms with Gasteiger partial charge in [0.15, 0.2) is 5.82 Å². The van der Waals surface area contributed by atoms with E-state index in [0.717, 1.165) is 12.1 Å². The lowest BCUT2D eigenvalue weighted by Crippen LogP contribution is -2.03. The Morgan fingerprint density at radius 1 is 1.22 bits per heavy atom. The molecule has 0 bridgehead atoms. The zero-order valence-electron chi connectivity index (χ0n) is 10.4. The Bertz CT molecular complexity index is 542. The second-order valence-corrected chi connectivity index (χ2v) is 3.93. The maximum Gasteiger partial charge on any atom is 0.151 e. The van der Waals surface area contributed by atoms with Crippen molar-refractivity contribution >= 4 is 17.3 Å². The molecular formula is C13H15FN4. The van der Waals surface area contributed by atoms with Crippen LogP contribution in [0.4, 0.5) is 21.7 Å². The lowest BCUT2D eigenvalue weighted by molar-refractivity contribution is 0.630. The van der Waals surface area contributed by atoms with Crippen LogP contribution >= 0.6 is 0 Å². The Morgan fingerprint density at radius 3 is 2.72 bits per heavy atom. The summed E-state index contributed by atoms with van der Waals surface area (Å²) in [5, 5.41) is 5.96. The second kappa shape index (κ2) is 5.44. The summed E-state index contributed by atoms with van der Waals surface area (Å²) in [6.45, 7) is 4.58. The van der Waals surface area contributed by atoms with Gasteiger partial charge in [0.05, 0.1) is 18.1 Å².